The highest BCUT2D eigenvalue weighted by Crippen LogP contribution is 2.40. The molecule has 9 heteroatoms. The first-order valence-corrected chi connectivity index (χ1v) is 10.6. The SMILES string of the molecule is CCOC(=O)c1[nH]c(C)c(C(O)=C2C(=O)C(=O)N(CCN(C)C)[C@@H]2c2cccc(F)c2)c1C. The van der Waals surface area contributed by atoms with Gasteiger partial charge in [-0.2, -0.15) is 0 Å². The minimum absolute atomic E-state index is 0.148. The molecule has 3 rings (SSSR count). The Morgan fingerprint density at radius 1 is 1.27 bits per heavy atom. The summed E-state index contributed by atoms with van der Waals surface area (Å²) < 4.78 is 19.1. The third kappa shape index (κ3) is 4.54. The molecule has 1 aliphatic heterocycles. The standard InChI is InChI=1S/C24H28FN3O5/c1-6-33-24(32)19-13(2)17(14(3)26-19)21(29)18-20(15-8-7-9-16(25)12-15)28(11-10-27(4)5)23(31)22(18)30/h7-9,12,20,26,29H,6,10-11H2,1-5H3/t20-/m1/s1. The maximum absolute atomic E-state index is 14.1. The lowest BCUT2D eigenvalue weighted by molar-refractivity contribution is -0.140. The normalized spacial score (nSPS) is 17.8. The number of H-pyrrole nitrogens is 1. The van der Waals surface area contributed by atoms with Gasteiger partial charge in [0.05, 0.1) is 18.2 Å². The average molecular weight is 458 g/mol. The molecule has 8 nitrogen and oxygen atoms in total. The molecule has 2 aromatic rings. The van der Waals surface area contributed by atoms with Crippen molar-refractivity contribution in [1.82, 2.24) is 14.8 Å². The number of esters is 1. The molecule has 1 aliphatic rings. The monoisotopic (exact) mass is 457 g/mol. The number of halogens is 1. The van der Waals surface area contributed by atoms with E-state index in [2.05, 4.69) is 4.98 Å². The van der Waals surface area contributed by atoms with Gasteiger partial charge in [0.25, 0.3) is 11.7 Å². The van der Waals surface area contributed by atoms with Gasteiger partial charge in [0.15, 0.2) is 0 Å². The van der Waals surface area contributed by atoms with Crippen LogP contribution in [0.5, 0.6) is 0 Å². The molecule has 2 heterocycles. The van der Waals surface area contributed by atoms with Gasteiger partial charge in [0.1, 0.15) is 17.3 Å². The number of nitrogens with one attached hydrogen (secondary N) is 1. The summed E-state index contributed by atoms with van der Waals surface area (Å²) in [6.45, 7) is 5.78. The van der Waals surface area contributed by atoms with Crippen LogP contribution in [0.3, 0.4) is 0 Å². The number of aromatic nitrogens is 1. The van der Waals surface area contributed by atoms with Crippen molar-refractivity contribution in [1.29, 1.82) is 0 Å². The zero-order valence-electron chi connectivity index (χ0n) is 19.4. The van der Waals surface area contributed by atoms with Crippen molar-refractivity contribution in [3.8, 4) is 0 Å². The van der Waals surface area contributed by atoms with Crippen LogP contribution < -0.4 is 0 Å². The van der Waals surface area contributed by atoms with E-state index in [1.54, 1.807) is 26.8 Å². The average Bonchev–Trinajstić information content (AvgIpc) is 3.19. The number of hydrogen-bond acceptors (Lipinski definition) is 6. The van der Waals surface area contributed by atoms with Crippen molar-refractivity contribution in [3.63, 3.8) is 0 Å². The quantitative estimate of drug-likeness (QED) is 0.287. The fourth-order valence-corrected chi connectivity index (χ4v) is 4.09. The number of amides is 1. The van der Waals surface area contributed by atoms with Crippen LogP contribution >= 0.6 is 0 Å². The smallest absolute Gasteiger partial charge is 0.355 e. The highest BCUT2D eigenvalue weighted by Gasteiger charge is 2.46. The fraction of sp³-hybridized carbons (Fsp3) is 0.375. The van der Waals surface area contributed by atoms with Crippen molar-refractivity contribution >= 4 is 23.4 Å². The molecule has 0 unspecified atom stereocenters. The second-order valence-corrected chi connectivity index (χ2v) is 8.20. The molecule has 1 fully saturated rings. The molecule has 1 saturated heterocycles. The lowest BCUT2D eigenvalue weighted by atomic mass is 9.94. The van der Waals surface area contributed by atoms with Gasteiger partial charge in [0, 0.05) is 24.3 Å². The lowest BCUT2D eigenvalue weighted by Gasteiger charge is -2.26. The number of Topliss-reactive ketones (excluding diaryl/α,β-unsaturated/α-hetero) is 1. The van der Waals surface area contributed by atoms with E-state index in [-0.39, 0.29) is 30.0 Å². The second-order valence-electron chi connectivity index (χ2n) is 8.20. The Morgan fingerprint density at radius 3 is 2.58 bits per heavy atom. The number of likely N-dealkylation sites (tertiary alicyclic amines) is 1. The Balaban J connectivity index is 2.20. The predicted molar refractivity (Wildman–Crippen MR) is 120 cm³/mol. The van der Waals surface area contributed by atoms with E-state index in [9.17, 15) is 23.9 Å². The molecule has 1 aromatic heterocycles. The maximum Gasteiger partial charge on any atom is 0.355 e. The number of carbonyl (C=O) groups excluding carboxylic acids is 3. The van der Waals surface area contributed by atoms with E-state index in [0.29, 0.717) is 23.4 Å². The first-order valence-electron chi connectivity index (χ1n) is 10.6. The summed E-state index contributed by atoms with van der Waals surface area (Å²) in [5, 5.41) is 11.3. The van der Waals surface area contributed by atoms with Crippen LogP contribution in [0.25, 0.3) is 5.76 Å². The zero-order chi connectivity index (χ0) is 24.4. The van der Waals surface area contributed by atoms with Crippen molar-refractivity contribution in [3.05, 3.63) is 63.7 Å². The van der Waals surface area contributed by atoms with Crippen LogP contribution in [0, 0.1) is 19.7 Å². The molecule has 0 aliphatic carbocycles. The summed E-state index contributed by atoms with van der Waals surface area (Å²) in [7, 11) is 3.66. The van der Waals surface area contributed by atoms with Gasteiger partial charge >= 0.3 is 5.97 Å². The number of ether oxygens (including phenoxy) is 1. The molecule has 1 amide bonds. The van der Waals surface area contributed by atoms with Crippen molar-refractivity contribution in [2.45, 2.75) is 26.8 Å². The van der Waals surface area contributed by atoms with E-state index >= 15 is 0 Å². The highest BCUT2D eigenvalue weighted by atomic mass is 19.1. The molecule has 1 atom stereocenters. The summed E-state index contributed by atoms with van der Waals surface area (Å²) in [5.41, 5.74) is 1.44. The third-order valence-corrected chi connectivity index (χ3v) is 5.65. The van der Waals surface area contributed by atoms with E-state index in [4.69, 9.17) is 4.74 Å². The Kier molecular flexibility index (Phi) is 7.02. The fourth-order valence-electron chi connectivity index (χ4n) is 4.09. The van der Waals surface area contributed by atoms with E-state index < -0.39 is 35.3 Å². The van der Waals surface area contributed by atoms with Gasteiger partial charge < -0.3 is 24.6 Å². The number of rotatable bonds is 7. The molecule has 0 radical (unpaired) electrons. The number of nitrogens with zero attached hydrogens (tertiary/aromatic N) is 2. The van der Waals surface area contributed by atoms with Crippen LogP contribution in [-0.4, -0.2) is 71.3 Å². The van der Waals surface area contributed by atoms with E-state index in [1.165, 1.54) is 23.1 Å². The molecule has 0 spiro atoms. The molecular weight excluding hydrogens is 429 g/mol. The lowest BCUT2D eigenvalue weighted by Crippen LogP contribution is -2.35. The van der Waals surface area contributed by atoms with Crippen molar-refractivity contribution in [2.75, 3.05) is 33.8 Å². The van der Waals surface area contributed by atoms with Gasteiger partial charge in [0.2, 0.25) is 0 Å². The van der Waals surface area contributed by atoms with Crippen LogP contribution in [0.1, 0.15) is 45.8 Å². The van der Waals surface area contributed by atoms with Gasteiger partial charge in [-0.1, -0.05) is 12.1 Å². The molecule has 0 saturated carbocycles. The number of ketones is 1. The van der Waals surface area contributed by atoms with Gasteiger partial charge in [-0.25, -0.2) is 9.18 Å². The Hall–Kier alpha value is -3.46. The molecule has 0 bridgehead atoms. The number of hydrogen-bond donors (Lipinski definition) is 2. The van der Waals surface area contributed by atoms with Crippen LogP contribution in [-0.2, 0) is 14.3 Å². The largest absolute Gasteiger partial charge is 0.507 e. The third-order valence-electron chi connectivity index (χ3n) is 5.65. The molecule has 2 N–H and O–H groups in total. The van der Waals surface area contributed by atoms with Crippen LogP contribution in [0.2, 0.25) is 0 Å². The summed E-state index contributed by atoms with van der Waals surface area (Å²) >= 11 is 0. The maximum atomic E-state index is 14.1. The number of aliphatic hydroxyl groups excluding tert-OH is 1. The first kappa shape index (κ1) is 24.2. The van der Waals surface area contributed by atoms with Crippen molar-refractivity contribution in [2.24, 2.45) is 0 Å². The summed E-state index contributed by atoms with van der Waals surface area (Å²) in [5.74, 6) is -3.17. The van der Waals surface area contributed by atoms with Crippen LogP contribution in [0.4, 0.5) is 4.39 Å². The topological polar surface area (TPSA) is 103 Å². The minimum atomic E-state index is -0.972. The predicted octanol–water partition coefficient (Wildman–Crippen LogP) is 2.93. The van der Waals surface area contributed by atoms with Crippen molar-refractivity contribution < 1.29 is 28.6 Å². The summed E-state index contributed by atoms with van der Waals surface area (Å²) in [6.07, 6.45) is 0. The van der Waals surface area contributed by atoms with Crippen LogP contribution in [0.15, 0.2) is 29.8 Å². The molecular formula is C24H28FN3O5. The van der Waals surface area contributed by atoms with Gasteiger partial charge in [-0.05, 0) is 58.1 Å². The number of likely N-dealkylation sites (N-methyl/N-ethyl adjacent to an activating group) is 1. The number of aromatic amines is 1. The number of carbonyl (C=O) groups is 3. The minimum Gasteiger partial charge on any atom is -0.507 e. The zero-order valence-corrected chi connectivity index (χ0v) is 19.4. The summed E-state index contributed by atoms with van der Waals surface area (Å²) in [6, 6.07) is 4.63. The first-order chi connectivity index (χ1) is 15.6. The highest BCUT2D eigenvalue weighted by molar-refractivity contribution is 6.46. The van der Waals surface area contributed by atoms with Gasteiger partial charge in [-0.3, -0.25) is 9.59 Å². The Morgan fingerprint density at radius 2 is 1.97 bits per heavy atom. The van der Waals surface area contributed by atoms with Gasteiger partial charge in [-0.15, -0.1) is 0 Å². The second kappa shape index (κ2) is 9.58. The molecule has 33 heavy (non-hydrogen) atoms. The summed E-state index contributed by atoms with van der Waals surface area (Å²) in [4.78, 5) is 44.4. The molecule has 1 aromatic carbocycles. The number of aliphatic hydroxyl groups is 1. The number of benzene rings is 1. The van der Waals surface area contributed by atoms with E-state index in [0.717, 1.165) is 0 Å². The van der Waals surface area contributed by atoms with E-state index in [1.807, 2.05) is 19.0 Å². The molecule has 176 valence electrons. The Bertz CT molecular complexity index is 1140. The number of aryl methyl sites for hydroxylation is 1. The Labute approximate surface area is 191 Å².